The fourth-order valence-corrected chi connectivity index (χ4v) is 4.01. The standard InChI is InChI=1S/C22H23NO6S/c1-3-28-22(25)18(13-15-9-5-4-6-10-15)23-21(24)20-17(14-30(2,26)27)16-11-7-8-12-19(16)29-20/h4-12,18H,3,13-14H2,1-2H3,(H,23,24). The van der Waals surface area contributed by atoms with Gasteiger partial charge in [0.15, 0.2) is 15.6 Å². The van der Waals surface area contributed by atoms with Crippen LogP contribution in [0, 0.1) is 0 Å². The average molecular weight is 429 g/mol. The summed E-state index contributed by atoms with van der Waals surface area (Å²) in [5.74, 6) is -1.71. The molecule has 3 aromatic rings. The maximum Gasteiger partial charge on any atom is 0.328 e. The van der Waals surface area contributed by atoms with E-state index in [4.69, 9.17) is 9.15 Å². The first kappa shape index (κ1) is 21.6. The number of fused-ring (bicyclic) bond motifs is 1. The number of ether oxygens (including phenoxy) is 1. The van der Waals surface area contributed by atoms with E-state index < -0.39 is 27.8 Å². The van der Waals surface area contributed by atoms with E-state index in [1.807, 2.05) is 30.3 Å². The minimum atomic E-state index is -3.43. The third-order valence-electron chi connectivity index (χ3n) is 4.47. The summed E-state index contributed by atoms with van der Waals surface area (Å²) in [5.41, 5.74) is 1.52. The van der Waals surface area contributed by atoms with Gasteiger partial charge in [-0.15, -0.1) is 0 Å². The molecule has 2 aromatic carbocycles. The molecule has 8 heteroatoms. The SMILES string of the molecule is CCOC(=O)C(Cc1ccccc1)NC(=O)c1oc2ccccc2c1CS(C)(=O)=O. The molecular weight excluding hydrogens is 406 g/mol. The Morgan fingerprint density at radius 3 is 2.40 bits per heavy atom. The molecule has 3 rings (SSSR count). The largest absolute Gasteiger partial charge is 0.464 e. The lowest BCUT2D eigenvalue weighted by Gasteiger charge is -2.17. The molecule has 0 saturated carbocycles. The number of amides is 1. The number of para-hydroxylation sites is 1. The zero-order valence-corrected chi connectivity index (χ0v) is 17.6. The highest BCUT2D eigenvalue weighted by atomic mass is 32.2. The van der Waals surface area contributed by atoms with Crippen molar-refractivity contribution in [3.05, 3.63) is 71.5 Å². The average Bonchev–Trinajstić information content (AvgIpc) is 3.05. The minimum Gasteiger partial charge on any atom is -0.464 e. The van der Waals surface area contributed by atoms with Crippen molar-refractivity contribution in [1.29, 1.82) is 0 Å². The van der Waals surface area contributed by atoms with E-state index >= 15 is 0 Å². The highest BCUT2D eigenvalue weighted by Crippen LogP contribution is 2.27. The van der Waals surface area contributed by atoms with Gasteiger partial charge in [-0.2, -0.15) is 0 Å². The molecule has 1 N–H and O–H groups in total. The molecule has 0 fully saturated rings. The van der Waals surface area contributed by atoms with E-state index in [9.17, 15) is 18.0 Å². The van der Waals surface area contributed by atoms with E-state index in [0.29, 0.717) is 11.0 Å². The predicted molar refractivity (Wildman–Crippen MR) is 113 cm³/mol. The van der Waals surface area contributed by atoms with Crippen LogP contribution in [0.1, 0.15) is 28.6 Å². The third kappa shape index (κ3) is 5.27. The quantitative estimate of drug-likeness (QED) is 0.553. The van der Waals surface area contributed by atoms with Crippen molar-refractivity contribution >= 4 is 32.7 Å². The fraction of sp³-hybridized carbons (Fsp3) is 0.273. The maximum absolute atomic E-state index is 13.0. The molecule has 0 spiro atoms. The number of hydrogen-bond donors (Lipinski definition) is 1. The molecule has 1 aromatic heterocycles. The zero-order chi connectivity index (χ0) is 21.7. The van der Waals surface area contributed by atoms with Gasteiger partial charge in [0.05, 0.1) is 12.4 Å². The Morgan fingerprint density at radius 1 is 1.07 bits per heavy atom. The molecule has 1 heterocycles. The summed E-state index contributed by atoms with van der Waals surface area (Å²) >= 11 is 0. The monoisotopic (exact) mass is 429 g/mol. The van der Waals surface area contributed by atoms with Gasteiger partial charge in [0.25, 0.3) is 5.91 Å². The van der Waals surface area contributed by atoms with Crippen LogP contribution in [0.25, 0.3) is 11.0 Å². The van der Waals surface area contributed by atoms with E-state index in [1.54, 1.807) is 31.2 Å². The number of carbonyl (C=O) groups excluding carboxylic acids is 2. The summed E-state index contributed by atoms with van der Waals surface area (Å²) < 4.78 is 34.6. The van der Waals surface area contributed by atoms with Crippen molar-refractivity contribution in [3.8, 4) is 0 Å². The lowest BCUT2D eigenvalue weighted by molar-refractivity contribution is -0.145. The summed E-state index contributed by atoms with van der Waals surface area (Å²) in [6.45, 7) is 1.85. The highest BCUT2D eigenvalue weighted by molar-refractivity contribution is 7.89. The first-order valence-corrected chi connectivity index (χ1v) is 11.5. The highest BCUT2D eigenvalue weighted by Gasteiger charge is 2.28. The maximum atomic E-state index is 13.0. The van der Waals surface area contributed by atoms with Crippen LogP contribution in [0.3, 0.4) is 0 Å². The number of rotatable bonds is 8. The van der Waals surface area contributed by atoms with Crippen molar-refractivity contribution in [1.82, 2.24) is 5.32 Å². The number of benzene rings is 2. The number of esters is 1. The summed E-state index contributed by atoms with van der Waals surface area (Å²) in [6.07, 6.45) is 1.32. The fourth-order valence-electron chi connectivity index (χ4n) is 3.20. The van der Waals surface area contributed by atoms with Crippen molar-refractivity contribution < 1.29 is 27.2 Å². The van der Waals surface area contributed by atoms with Gasteiger partial charge in [0, 0.05) is 23.6 Å². The van der Waals surface area contributed by atoms with Gasteiger partial charge in [-0.05, 0) is 18.6 Å². The summed E-state index contributed by atoms with van der Waals surface area (Å²) in [5, 5.41) is 3.20. The molecule has 1 unspecified atom stereocenters. The van der Waals surface area contributed by atoms with Gasteiger partial charge in [-0.1, -0.05) is 48.5 Å². The van der Waals surface area contributed by atoms with Gasteiger partial charge < -0.3 is 14.5 Å². The van der Waals surface area contributed by atoms with Crippen LogP contribution in [0.5, 0.6) is 0 Å². The van der Waals surface area contributed by atoms with Crippen LogP contribution >= 0.6 is 0 Å². The normalized spacial score (nSPS) is 12.5. The van der Waals surface area contributed by atoms with Crippen LogP contribution in [0.15, 0.2) is 59.0 Å². The van der Waals surface area contributed by atoms with Crippen molar-refractivity contribution in [2.75, 3.05) is 12.9 Å². The van der Waals surface area contributed by atoms with E-state index in [2.05, 4.69) is 5.32 Å². The molecule has 30 heavy (non-hydrogen) atoms. The molecule has 1 amide bonds. The Morgan fingerprint density at radius 2 is 1.73 bits per heavy atom. The Bertz CT molecular complexity index is 1150. The number of furan rings is 1. The molecule has 0 saturated heterocycles. The van der Waals surface area contributed by atoms with Crippen LogP contribution < -0.4 is 5.32 Å². The van der Waals surface area contributed by atoms with Crippen LogP contribution in [0.2, 0.25) is 0 Å². The zero-order valence-electron chi connectivity index (χ0n) is 16.8. The molecule has 1 atom stereocenters. The smallest absolute Gasteiger partial charge is 0.328 e. The number of hydrogen-bond acceptors (Lipinski definition) is 6. The van der Waals surface area contributed by atoms with Gasteiger partial charge in [-0.3, -0.25) is 4.79 Å². The second kappa shape index (κ2) is 9.13. The Hall–Kier alpha value is -3.13. The lowest BCUT2D eigenvalue weighted by atomic mass is 10.1. The molecule has 0 radical (unpaired) electrons. The van der Waals surface area contributed by atoms with Gasteiger partial charge >= 0.3 is 5.97 Å². The first-order chi connectivity index (χ1) is 14.3. The molecule has 0 aliphatic carbocycles. The third-order valence-corrected chi connectivity index (χ3v) is 5.28. The Labute approximate surface area is 174 Å². The second-order valence-electron chi connectivity index (χ2n) is 6.94. The van der Waals surface area contributed by atoms with Crippen LogP contribution in [-0.4, -0.2) is 39.2 Å². The number of sulfone groups is 1. The molecule has 0 aliphatic rings. The molecule has 0 bridgehead atoms. The molecular formula is C22H23NO6S. The van der Waals surface area contributed by atoms with Gasteiger partial charge in [0.2, 0.25) is 0 Å². The second-order valence-corrected chi connectivity index (χ2v) is 9.08. The molecule has 158 valence electrons. The van der Waals surface area contributed by atoms with Gasteiger partial charge in [0.1, 0.15) is 11.6 Å². The lowest BCUT2D eigenvalue weighted by Crippen LogP contribution is -2.43. The minimum absolute atomic E-state index is 0.121. The van der Waals surface area contributed by atoms with E-state index in [-0.39, 0.29) is 30.1 Å². The van der Waals surface area contributed by atoms with Crippen LogP contribution in [0.4, 0.5) is 0 Å². The Kier molecular flexibility index (Phi) is 6.56. The van der Waals surface area contributed by atoms with E-state index in [1.165, 1.54) is 0 Å². The molecule has 0 aliphatic heterocycles. The number of nitrogens with one attached hydrogen (secondary N) is 1. The van der Waals surface area contributed by atoms with Crippen LogP contribution in [-0.2, 0) is 31.5 Å². The summed E-state index contributed by atoms with van der Waals surface area (Å²) in [7, 11) is -3.43. The summed E-state index contributed by atoms with van der Waals surface area (Å²) in [6, 6.07) is 15.1. The first-order valence-electron chi connectivity index (χ1n) is 9.48. The van der Waals surface area contributed by atoms with Crippen molar-refractivity contribution in [2.45, 2.75) is 25.1 Å². The topological polar surface area (TPSA) is 103 Å². The van der Waals surface area contributed by atoms with E-state index in [0.717, 1.165) is 11.8 Å². The number of carbonyl (C=O) groups is 2. The van der Waals surface area contributed by atoms with Crippen molar-refractivity contribution in [3.63, 3.8) is 0 Å². The predicted octanol–water partition coefficient (Wildman–Crippen LogP) is 2.88. The summed E-state index contributed by atoms with van der Waals surface area (Å²) in [4.78, 5) is 25.5. The van der Waals surface area contributed by atoms with Crippen molar-refractivity contribution in [2.24, 2.45) is 0 Å². The van der Waals surface area contributed by atoms with Gasteiger partial charge in [-0.25, -0.2) is 13.2 Å². The Balaban J connectivity index is 1.94. The molecule has 7 nitrogen and oxygen atoms in total.